The summed E-state index contributed by atoms with van der Waals surface area (Å²) in [5.74, 6) is 0.497. The molecule has 1 saturated carbocycles. The zero-order chi connectivity index (χ0) is 18.4. The van der Waals surface area contributed by atoms with Crippen molar-refractivity contribution >= 4 is 23.5 Å². The molecule has 6 nitrogen and oxygen atoms in total. The maximum absolute atomic E-state index is 12.4. The highest BCUT2D eigenvalue weighted by Crippen LogP contribution is 2.34. The average molecular weight is 361 g/mol. The lowest BCUT2D eigenvalue weighted by molar-refractivity contribution is 0.0965. The molecule has 5 rings (SSSR count). The lowest BCUT2D eigenvalue weighted by Crippen LogP contribution is -2.43. The van der Waals surface area contributed by atoms with Crippen LogP contribution in [-0.4, -0.2) is 28.0 Å². The van der Waals surface area contributed by atoms with Crippen LogP contribution >= 0.6 is 0 Å². The van der Waals surface area contributed by atoms with Crippen LogP contribution in [-0.2, 0) is 13.0 Å². The number of nitrogens with zero attached hydrogens (tertiary/aromatic N) is 2. The Morgan fingerprint density at radius 2 is 2.00 bits per heavy atom. The van der Waals surface area contributed by atoms with Crippen LogP contribution in [0, 0.1) is 0 Å². The minimum absolute atomic E-state index is 0.0854. The summed E-state index contributed by atoms with van der Waals surface area (Å²) >= 11 is 0. The van der Waals surface area contributed by atoms with E-state index in [0.717, 1.165) is 36.2 Å². The maximum atomic E-state index is 12.4. The number of rotatable bonds is 3. The molecule has 4 N–H and O–H groups in total. The SMILES string of the molecule is N[C@H]1CCCC[C@H]1Nc1nc2c(c(C3=Cc4ccccc4C3)n1)C(=O)NC2. The topological polar surface area (TPSA) is 92.9 Å². The third kappa shape index (κ3) is 2.90. The molecule has 3 aliphatic rings. The molecule has 6 heteroatoms. The summed E-state index contributed by atoms with van der Waals surface area (Å²) in [6.45, 7) is 0.454. The van der Waals surface area contributed by atoms with Crippen LogP contribution < -0.4 is 16.4 Å². The van der Waals surface area contributed by atoms with Gasteiger partial charge in [0.15, 0.2) is 0 Å². The second-order valence-corrected chi connectivity index (χ2v) is 7.64. The Labute approximate surface area is 158 Å². The van der Waals surface area contributed by atoms with E-state index in [9.17, 15) is 4.79 Å². The van der Waals surface area contributed by atoms with Gasteiger partial charge in [0, 0.05) is 18.5 Å². The van der Waals surface area contributed by atoms with Crippen LogP contribution in [0.3, 0.4) is 0 Å². The fourth-order valence-electron chi connectivity index (χ4n) is 4.36. The molecule has 1 aromatic carbocycles. The van der Waals surface area contributed by atoms with Gasteiger partial charge in [-0.3, -0.25) is 4.79 Å². The Balaban J connectivity index is 1.53. The zero-order valence-corrected chi connectivity index (χ0v) is 15.2. The van der Waals surface area contributed by atoms with Gasteiger partial charge in [0.2, 0.25) is 5.95 Å². The van der Waals surface area contributed by atoms with Crippen LogP contribution in [0.1, 0.15) is 58.6 Å². The van der Waals surface area contributed by atoms with Crippen LogP contribution in [0.5, 0.6) is 0 Å². The largest absolute Gasteiger partial charge is 0.350 e. The number of aromatic nitrogens is 2. The number of nitrogens with two attached hydrogens (primary N) is 1. The summed E-state index contributed by atoms with van der Waals surface area (Å²) < 4.78 is 0. The summed E-state index contributed by atoms with van der Waals surface area (Å²) in [5.41, 5.74) is 12.0. The van der Waals surface area contributed by atoms with Gasteiger partial charge in [-0.25, -0.2) is 9.97 Å². The van der Waals surface area contributed by atoms with Gasteiger partial charge in [-0.2, -0.15) is 0 Å². The van der Waals surface area contributed by atoms with Crippen molar-refractivity contribution in [3.63, 3.8) is 0 Å². The van der Waals surface area contributed by atoms with Gasteiger partial charge in [0.25, 0.3) is 5.91 Å². The van der Waals surface area contributed by atoms with Crippen molar-refractivity contribution < 1.29 is 4.79 Å². The molecule has 0 spiro atoms. The van der Waals surface area contributed by atoms with Crippen molar-refractivity contribution in [1.29, 1.82) is 0 Å². The van der Waals surface area contributed by atoms with Gasteiger partial charge in [0.05, 0.1) is 23.5 Å². The van der Waals surface area contributed by atoms with E-state index in [4.69, 9.17) is 10.7 Å². The fraction of sp³-hybridized carbons (Fsp3) is 0.381. The summed E-state index contributed by atoms with van der Waals surface area (Å²) in [6, 6.07) is 8.61. The molecule has 1 aliphatic heterocycles. The van der Waals surface area contributed by atoms with E-state index >= 15 is 0 Å². The van der Waals surface area contributed by atoms with E-state index in [-0.39, 0.29) is 18.0 Å². The Morgan fingerprint density at radius 1 is 1.15 bits per heavy atom. The number of carbonyl (C=O) groups is 1. The number of amides is 1. The number of hydrogen-bond donors (Lipinski definition) is 3. The van der Waals surface area contributed by atoms with Crippen LogP contribution in [0.25, 0.3) is 11.6 Å². The zero-order valence-electron chi connectivity index (χ0n) is 15.2. The second-order valence-electron chi connectivity index (χ2n) is 7.64. The van der Waals surface area contributed by atoms with Crippen LogP contribution in [0.4, 0.5) is 5.95 Å². The lowest BCUT2D eigenvalue weighted by Gasteiger charge is -2.29. The Kier molecular flexibility index (Phi) is 3.93. The molecule has 0 saturated heterocycles. The van der Waals surface area contributed by atoms with Crippen molar-refractivity contribution in [3.05, 3.63) is 52.3 Å². The van der Waals surface area contributed by atoms with Gasteiger partial charge in [-0.1, -0.05) is 37.1 Å². The van der Waals surface area contributed by atoms with Gasteiger partial charge in [-0.05, 0) is 35.6 Å². The standard InChI is InChI=1S/C21H23N5O/c22-15-7-3-4-8-16(15)24-21-25-17-11-23-20(27)18(17)19(26-21)14-9-12-5-1-2-6-13(12)10-14/h1-2,5-6,9,15-16H,3-4,7-8,10-11,22H2,(H,23,27)(H,24,25,26)/t15-,16+/m0/s1. The van der Waals surface area contributed by atoms with Crippen molar-refractivity contribution in [2.75, 3.05) is 5.32 Å². The Bertz CT molecular complexity index is 952. The van der Waals surface area contributed by atoms with E-state index in [1.165, 1.54) is 24.0 Å². The second kappa shape index (κ2) is 6.46. The first-order chi connectivity index (χ1) is 13.2. The highest BCUT2D eigenvalue weighted by Gasteiger charge is 2.30. The molecular weight excluding hydrogens is 338 g/mol. The van der Waals surface area contributed by atoms with Crippen molar-refractivity contribution in [1.82, 2.24) is 15.3 Å². The van der Waals surface area contributed by atoms with E-state index in [1.807, 2.05) is 12.1 Å². The molecule has 0 bridgehead atoms. The molecule has 2 aliphatic carbocycles. The first kappa shape index (κ1) is 16.4. The van der Waals surface area contributed by atoms with E-state index < -0.39 is 0 Å². The normalized spacial score (nSPS) is 23.4. The van der Waals surface area contributed by atoms with Gasteiger partial charge < -0.3 is 16.4 Å². The first-order valence-corrected chi connectivity index (χ1v) is 9.69. The summed E-state index contributed by atoms with van der Waals surface area (Å²) in [4.78, 5) is 21.8. The molecule has 1 aromatic heterocycles. The molecule has 2 aromatic rings. The van der Waals surface area contributed by atoms with E-state index in [1.54, 1.807) is 0 Å². The molecule has 0 radical (unpaired) electrons. The molecule has 2 atom stereocenters. The average Bonchev–Trinajstić information content (AvgIpc) is 3.27. The predicted octanol–water partition coefficient (Wildman–Crippen LogP) is 2.50. The number of fused-ring (bicyclic) bond motifs is 2. The minimum atomic E-state index is -0.0854. The Hall–Kier alpha value is -2.73. The third-order valence-corrected chi connectivity index (χ3v) is 5.83. The molecule has 0 unspecified atom stereocenters. The van der Waals surface area contributed by atoms with E-state index in [2.05, 4.69) is 33.8 Å². The van der Waals surface area contributed by atoms with Gasteiger partial charge in [0.1, 0.15) is 0 Å². The number of anilines is 1. The number of nitrogens with one attached hydrogen (secondary N) is 2. The number of hydrogen-bond acceptors (Lipinski definition) is 5. The lowest BCUT2D eigenvalue weighted by atomic mass is 9.91. The Morgan fingerprint density at radius 3 is 2.85 bits per heavy atom. The van der Waals surface area contributed by atoms with Crippen molar-refractivity contribution in [3.8, 4) is 0 Å². The fourth-order valence-corrected chi connectivity index (χ4v) is 4.36. The molecule has 1 fully saturated rings. The van der Waals surface area contributed by atoms with Gasteiger partial charge >= 0.3 is 0 Å². The molecule has 1 amide bonds. The van der Waals surface area contributed by atoms with Gasteiger partial charge in [-0.15, -0.1) is 0 Å². The van der Waals surface area contributed by atoms with Crippen LogP contribution in [0.2, 0.25) is 0 Å². The van der Waals surface area contributed by atoms with Crippen LogP contribution in [0.15, 0.2) is 24.3 Å². The summed E-state index contributed by atoms with van der Waals surface area (Å²) in [5, 5.41) is 6.34. The summed E-state index contributed by atoms with van der Waals surface area (Å²) in [7, 11) is 0. The smallest absolute Gasteiger partial charge is 0.255 e. The highest BCUT2D eigenvalue weighted by atomic mass is 16.1. The highest BCUT2D eigenvalue weighted by molar-refractivity contribution is 6.04. The third-order valence-electron chi connectivity index (χ3n) is 5.83. The van der Waals surface area contributed by atoms with E-state index in [0.29, 0.717) is 18.1 Å². The maximum Gasteiger partial charge on any atom is 0.255 e. The van der Waals surface area contributed by atoms with Crippen molar-refractivity contribution in [2.45, 2.75) is 50.7 Å². The molecular formula is C21H23N5O. The molecule has 2 heterocycles. The number of carbonyl (C=O) groups excluding carboxylic acids is 1. The minimum Gasteiger partial charge on any atom is -0.350 e. The number of benzene rings is 1. The first-order valence-electron chi connectivity index (χ1n) is 9.69. The molecule has 27 heavy (non-hydrogen) atoms. The monoisotopic (exact) mass is 361 g/mol. The quantitative estimate of drug-likeness (QED) is 0.781. The number of allylic oxidation sites excluding steroid dienone is 1. The molecule has 138 valence electrons. The predicted molar refractivity (Wildman–Crippen MR) is 105 cm³/mol. The summed E-state index contributed by atoms with van der Waals surface area (Å²) in [6.07, 6.45) is 7.33. The van der Waals surface area contributed by atoms with Crippen molar-refractivity contribution in [2.24, 2.45) is 5.73 Å².